The zero-order chi connectivity index (χ0) is 15.0. The average molecular weight is 384 g/mol. The van der Waals surface area contributed by atoms with Crippen LogP contribution >= 0.6 is 39.1 Å². The van der Waals surface area contributed by atoms with Crippen molar-refractivity contribution in [2.75, 3.05) is 0 Å². The molecule has 3 rings (SSSR count). The highest BCUT2D eigenvalue weighted by molar-refractivity contribution is 9.10. The summed E-state index contributed by atoms with van der Waals surface area (Å²) in [5, 5.41) is 1.95. The SMILES string of the molecule is O=C(Cc1cc(Cl)ccc1Cl)c1cc2cccc(Br)c2o1. The Hall–Kier alpha value is -1.29. The van der Waals surface area contributed by atoms with Crippen molar-refractivity contribution in [3.63, 3.8) is 0 Å². The molecule has 0 N–H and O–H groups in total. The molecule has 0 amide bonds. The summed E-state index contributed by atoms with van der Waals surface area (Å²) in [6.07, 6.45) is 0.150. The van der Waals surface area contributed by atoms with Crippen molar-refractivity contribution < 1.29 is 9.21 Å². The zero-order valence-electron chi connectivity index (χ0n) is 10.7. The number of carbonyl (C=O) groups excluding carboxylic acids is 1. The van der Waals surface area contributed by atoms with Gasteiger partial charge in [-0.3, -0.25) is 4.79 Å². The number of furan rings is 1. The van der Waals surface area contributed by atoms with E-state index >= 15 is 0 Å². The quantitative estimate of drug-likeness (QED) is 0.525. The lowest BCUT2D eigenvalue weighted by molar-refractivity contribution is 0.0968. The van der Waals surface area contributed by atoms with Gasteiger partial charge in [0.15, 0.2) is 5.76 Å². The minimum absolute atomic E-state index is 0.137. The van der Waals surface area contributed by atoms with Crippen LogP contribution in [0, 0.1) is 0 Å². The van der Waals surface area contributed by atoms with Gasteiger partial charge >= 0.3 is 0 Å². The van der Waals surface area contributed by atoms with Gasteiger partial charge in [-0.25, -0.2) is 0 Å². The van der Waals surface area contributed by atoms with Gasteiger partial charge in [0.2, 0.25) is 5.78 Å². The molecule has 0 aliphatic rings. The molecule has 0 radical (unpaired) electrons. The maximum atomic E-state index is 12.3. The van der Waals surface area contributed by atoms with E-state index in [-0.39, 0.29) is 12.2 Å². The average Bonchev–Trinajstić information content (AvgIpc) is 2.88. The molecule has 0 atom stereocenters. The molecule has 0 bridgehead atoms. The van der Waals surface area contributed by atoms with Crippen LogP contribution in [-0.4, -0.2) is 5.78 Å². The van der Waals surface area contributed by atoms with Crippen molar-refractivity contribution in [3.05, 3.63) is 68.3 Å². The number of rotatable bonds is 3. The molecule has 0 saturated heterocycles. The summed E-state index contributed by atoms with van der Waals surface area (Å²) in [6, 6.07) is 12.5. The lowest BCUT2D eigenvalue weighted by atomic mass is 10.1. The van der Waals surface area contributed by atoms with Gasteiger partial charge in [-0.15, -0.1) is 0 Å². The van der Waals surface area contributed by atoms with Crippen LogP contribution in [-0.2, 0) is 6.42 Å². The molecule has 0 unspecified atom stereocenters. The van der Waals surface area contributed by atoms with Crippen LogP contribution in [0.4, 0.5) is 0 Å². The number of ketones is 1. The highest BCUT2D eigenvalue weighted by atomic mass is 79.9. The number of halogens is 3. The third-order valence-electron chi connectivity index (χ3n) is 3.13. The third-order valence-corrected chi connectivity index (χ3v) is 4.36. The Kier molecular flexibility index (Phi) is 4.07. The fourth-order valence-electron chi connectivity index (χ4n) is 2.10. The van der Waals surface area contributed by atoms with E-state index in [0.29, 0.717) is 27.0 Å². The predicted octanol–water partition coefficient (Wildman–Crippen LogP) is 5.93. The Morgan fingerprint density at radius 1 is 1.14 bits per heavy atom. The van der Waals surface area contributed by atoms with Crippen LogP contribution in [0.25, 0.3) is 11.0 Å². The monoisotopic (exact) mass is 382 g/mol. The van der Waals surface area contributed by atoms with Crippen LogP contribution in [0.1, 0.15) is 16.1 Å². The predicted molar refractivity (Wildman–Crippen MR) is 88.4 cm³/mol. The van der Waals surface area contributed by atoms with E-state index in [1.54, 1.807) is 24.3 Å². The van der Waals surface area contributed by atoms with E-state index in [4.69, 9.17) is 27.6 Å². The van der Waals surface area contributed by atoms with E-state index < -0.39 is 0 Å². The topological polar surface area (TPSA) is 30.2 Å². The first-order valence-electron chi connectivity index (χ1n) is 6.20. The van der Waals surface area contributed by atoms with Gasteiger partial charge in [0, 0.05) is 21.9 Å². The molecule has 0 aliphatic heterocycles. The molecule has 21 heavy (non-hydrogen) atoms. The van der Waals surface area contributed by atoms with Crippen molar-refractivity contribution >= 4 is 55.9 Å². The van der Waals surface area contributed by atoms with Crippen LogP contribution in [0.2, 0.25) is 10.0 Å². The second-order valence-electron chi connectivity index (χ2n) is 4.60. The van der Waals surface area contributed by atoms with Gasteiger partial charge in [0.25, 0.3) is 0 Å². The molecule has 2 aromatic carbocycles. The molecule has 0 saturated carbocycles. The van der Waals surface area contributed by atoms with E-state index in [9.17, 15) is 4.79 Å². The second kappa shape index (κ2) is 5.84. The molecule has 2 nitrogen and oxygen atoms in total. The van der Waals surface area contributed by atoms with Crippen molar-refractivity contribution in [2.24, 2.45) is 0 Å². The van der Waals surface area contributed by atoms with Crippen molar-refractivity contribution in [3.8, 4) is 0 Å². The van der Waals surface area contributed by atoms with Crippen molar-refractivity contribution in [1.82, 2.24) is 0 Å². The fourth-order valence-corrected chi connectivity index (χ4v) is 2.95. The number of hydrogen-bond donors (Lipinski definition) is 0. The van der Waals surface area contributed by atoms with Gasteiger partial charge in [-0.1, -0.05) is 35.3 Å². The summed E-state index contributed by atoms with van der Waals surface area (Å²) in [5.74, 6) is 0.176. The van der Waals surface area contributed by atoms with Crippen molar-refractivity contribution in [2.45, 2.75) is 6.42 Å². The van der Waals surface area contributed by atoms with E-state index in [2.05, 4.69) is 15.9 Å². The number of para-hydroxylation sites is 1. The summed E-state index contributed by atoms with van der Waals surface area (Å²) >= 11 is 15.4. The van der Waals surface area contributed by atoms with Gasteiger partial charge in [0.1, 0.15) is 5.58 Å². The summed E-state index contributed by atoms with van der Waals surface area (Å²) < 4.78 is 6.45. The van der Waals surface area contributed by atoms with Crippen LogP contribution in [0.15, 0.2) is 51.4 Å². The van der Waals surface area contributed by atoms with Crippen molar-refractivity contribution in [1.29, 1.82) is 0 Å². The highest BCUT2D eigenvalue weighted by Gasteiger charge is 2.16. The molecule has 0 spiro atoms. The molecule has 1 heterocycles. The van der Waals surface area contributed by atoms with Gasteiger partial charge < -0.3 is 4.42 Å². The summed E-state index contributed by atoms with van der Waals surface area (Å²) in [6.45, 7) is 0. The Morgan fingerprint density at radius 2 is 1.95 bits per heavy atom. The number of hydrogen-bond acceptors (Lipinski definition) is 2. The van der Waals surface area contributed by atoms with Crippen LogP contribution in [0.5, 0.6) is 0 Å². The number of carbonyl (C=O) groups is 1. The Bertz CT molecular complexity index is 839. The maximum Gasteiger partial charge on any atom is 0.202 e. The smallest absolute Gasteiger partial charge is 0.202 e. The van der Waals surface area contributed by atoms with Crippen LogP contribution in [0.3, 0.4) is 0 Å². The first-order chi connectivity index (χ1) is 10.0. The molecule has 1 aromatic heterocycles. The summed E-state index contributed by atoms with van der Waals surface area (Å²) in [5.41, 5.74) is 1.35. The number of fused-ring (bicyclic) bond motifs is 1. The van der Waals surface area contributed by atoms with Crippen LogP contribution < -0.4 is 0 Å². The van der Waals surface area contributed by atoms with E-state index in [0.717, 1.165) is 9.86 Å². The Morgan fingerprint density at radius 3 is 2.71 bits per heavy atom. The summed E-state index contributed by atoms with van der Waals surface area (Å²) in [4.78, 5) is 12.3. The summed E-state index contributed by atoms with van der Waals surface area (Å²) in [7, 11) is 0. The first kappa shape index (κ1) is 14.6. The Labute approximate surface area is 139 Å². The second-order valence-corrected chi connectivity index (χ2v) is 6.30. The third kappa shape index (κ3) is 3.00. The number of Topliss-reactive ketones (excluding diaryl/α,β-unsaturated/α-hetero) is 1. The molecule has 3 aromatic rings. The molecule has 0 fully saturated rings. The van der Waals surface area contributed by atoms with E-state index in [1.807, 2.05) is 18.2 Å². The largest absolute Gasteiger partial charge is 0.452 e. The normalized spacial score (nSPS) is 11.0. The zero-order valence-corrected chi connectivity index (χ0v) is 13.8. The van der Waals surface area contributed by atoms with Gasteiger partial charge in [-0.05, 0) is 51.8 Å². The van der Waals surface area contributed by atoms with Gasteiger partial charge in [-0.2, -0.15) is 0 Å². The minimum Gasteiger partial charge on any atom is -0.452 e. The maximum absolute atomic E-state index is 12.3. The minimum atomic E-state index is -0.137. The molecule has 5 heteroatoms. The molecular weight excluding hydrogens is 375 g/mol. The lowest BCUT2D eigenvalue weighted by Crippen LogP contribution is -2.02. The molecule has 0 aliphatic carbocycles. The highest BCUT2D eigenvalue weighted by Crippen LogP contribution is 2.28. The first-order valence-corrected chi connectivity index (χ1v) is 7.74. The van der Waals surface area contributed by atoms with E-state index in [1.165, 1.54) is 0 Å². The fraction of sp³-hybridized carbons (Fsp3) is 0.0625. The van der Waals surface area contributed by atoms with Gasteiger partial charge in [0.05, 0.1) is 4.47 Å². The molecular formula is C16H9BrCl2O2. The number of benzene rings is 2. The lowest BCUT2D eigenvalue weighted by Gasteiger charge is -2.02. The standard InChI is InChI=1S/C16H9BrCl2O2/c17-12-3-1-2-9-8-15(21-16(9)12)14(20)7-10-6-11(18)4-5-13(10)19/h1-6,8H,7H2. The molecule has 106 valence electrons. The Balaban J connectivity index is 1.93.